The maximum atomic E-state index is 12.9. The summed E-state index contributed by atoms with van der Waals surface area (Å²) in [5.74, 6) is 0.595. The van der Waals surface area contributed by atoms with E-state index in [1.165, 1.54) is 19.3 Å². The normalized spacial score (nSPS) is 21.2. The van der Waals surface area contributed by atoms with Crippen LogP contribution in [0.5, 0.6) is 0 Å². The minimum atomic E-state index is -0.490. The predicted octanol–water partition coefficient (Wildman–Crippen LogP) is 3.38. The van der Waals surface area contributed by atoms with Crippen molar-refractivity contribution < 1.29 is 9.53 Å². The van der Waals surface area contributed by atoms with Crippen molar-refractivity contribution in [2.75, 3.05) is 24.5 Å². The standard InChI is InChI=1S/C20H31N3O3/c1-20(2,3)26-19(25)23(13-15-6-4-7-15)17-8-5-11-22(14-17)16-9-10-21-18(24)12-16/h9-10,12,15,17H,4-8,11,13-14H2,1-3H3,(H,21,24)/t17-/m1/s1. The molecule has 3 rings (SSSR count). The van der Waals surface area contributed by atoms with Gasteiger partial charge in [-0.2, -0.15) is 0 Å². The summed E-state index contributed by atoms with van der Waals surface area (Å²) >= 11 is 0. The van der Waals surface area contributed by atoms with Gasteiger partial charge in [-0.1, -0.05) is 6.42 Å². The molecule has 2 fully saturated rings. The number of aromatic nitrogens is 1. The third-order valence-electron chi connectivity index (χ3n) is 5.27. The maximum absolute atomic E-state index is 12.9. The first kappa shape index (κ1) is 18.8. The molecular weight excluding hydrogens is 330 g/mol. The second-order valence-corrected chi connectivity index (χ2v) is 8.58. The Bertz CT molecular complexity index is 675. The number of nitrogens with zero attached hydrogens (tertiary/aromatic N) is 2. The molecule has 6 nitrogen and oxygen atoms in total. The van der Waals surface area contributed by atoms with Gasteiger partial charge >= 0.3 is 6.09 Å². The molecule has 1 aromatic rings. The number of anilines is 1. The smallest absolute Gasteiger partial charge is 0.410 e. The lowest BCUT2D eigenvalue weighted by Gasteiger charge is -2.43. The average Bonchev–Trinajstić information content (AvgIpc) is 2.52. The Labute approximate surface area is 155 Å². The van der Waals surface area contributed by atoms with Crippen LogP contribution in [0.25, 0.3) is 0 Å². The lowest BCUT2D eigenvalue weighted by Crippen LogP contribution is -2.53. The second-order valence-electron chi connectivity index (χ2n) is 8.58. The van der Waals surface area contributed by atoms with Crippen LogP contribution in [0.2, 0.25) is 0 Å². The average molecular weight is 361 g/mol. The molecule has 0 radical (unpaired) electrons. The van der Waals surface area contributed by atoms with E-state index in [-0.39, 0.29) is 17.7 Å². The first-order chi connectivity index (χ1) is 12.3. The number of piperidine rings is 1. The molecule has 2 heterocycles. The predicted molar refractivity (Wildman–Crippen MR) is 103 cm³/mol. The third kappa shape index (κ3) is 4.80. The van der Waals surface area contributed by atoms with E-state index in [1.54, 1.807) is 12.3 Å². The Hall–Kier alpha value is -1.98. The van der Waals surface area contributed by atoms with Crippen LogP contribution in [-0.2, 0) is 4.74 Å². The number of rotatable bonds is 4. The molecule has 1 atom stereocenters. The third-order valence-corrected chi connectivity index (χ3v) is 5.27. The molecule has 1 aliphatic carbocycles. The molecule has 1 saturated carbocycles. The lowest BCUT2D eigenvalue weighted by molar-refractivity contribution is 0.00736. The molecule has 26 heavy (non-hydrogen) atoms. The topological polar surface area (TPSA) is 65.6 Å². The van der Waals surface area contributed by atoms with Gasteiger partial charge < -0.3 is 19.5 Å². The van der Waals surface area contributed by atoms with Crippen molar-refractivity contribution >= 4 is 11.8 Å². The lowest BCUT2D eigenvalue weighted by atomic mass is 9.84. The number of pyridine rings is 1. The number of amides is 1. The number of carbonyl (C=O) groups excluding carboxylic acids is 1. The Morgan fingerprint density at radius 2 is 2.08 bits per heavy atom. The summed E-state index contributed by atoms with van der Waals surface area (Å²) in [5, 5.41) is 0. The van der Waals surface area contributed by atoms with Crippen LogP contribution in [-0.4, -0.2) is 47.3 Å². The van der Waals surface area contributed by atoms with Crippen LogP contribution in [0.3, 0.4) is 0 Å². The van der Waals surface area contributed by atoms with E-state index in [0.29, 0.717) is 5.92 Å². The van der Waals surface area contributed by atoms with Gasteiger partial charge in [0.2, 0.25) is 5.56 Å². The van der Waals surface area contributed by atoms with Gasteiger partial charge in [-0.3, -0.25) is 4.79 Å². The van der Waals surface area contributed by atoms with E-state index < -0.39 is 5.60 Å². The van der Waals surface area contributed by atoms with Crippen LogP contribution in [0.4, 0.5) is 10.5 Å². The first-order valence-corrected chi connectivity index (χ1v) is 9.75. The van der Waals surface area contributed by atoms with Crippen LogP contribution in [0.1, 0.15) is 52.9 Å². The molecule has 144 valence electrons. The van der Waals surface area contributed by atoms with E-state index in [2.05, 4.69) is 9.88 Å². The Balaban J connectivity index is 1.74. The van der Waals surface area contributed by atoms with Gasteiger partial charge in [-0.15, -0.1) is 0 Å². The molecule has 0 unspecified atom stereocenters. The molecule has 1 aliphatic heterocycles. The Morgan fingerprint density at radius 3 is 2.69 bits per heavy atom. The number of hydrogen-bond donors (Lipinski definition) is 1. The summed E-state index contributed by atoms with van der Waals surface area (Å²) in [6.45, 7) is 8.17. The molecule has 0 aromatic carbocycles. The van der Waals surface area contributed by atoms with Crippen LogP contribution in [0, 0.1) is 5.92 Å². The number of carbonyl (C=O) groups is 1. The fourth-order valence-electron chi connectivity index (χ4n) is 3.72. The van der Waals surface area contributed by atoms with E-state index in [0.717, 1.165) is 38.2 Å². The fraction of sp³-hybridized carbons (Fsp3) is 0.700. The zero-order chi connectivity index (χ0) is 18.7. The molecule has 0 spiro atoms. The number of H-pyrrole nitrogens is 1. The minimum absolute atomic E-state index is 0.0944. The van der Waals surface area contributed by atoms with Crippen molar-refractivity contribution in [3.05, 3.63) is 28.7 Å². The maximum Gasteiger partial charge on any atom is 0.410 e. The highest BCUT2D eigenvalue weighted by atomic mass is 16.6. The summed E-state index contributed by atoms with van der Waals surface area (Å²) in [7, 11) is 0. The molecule has 6 heteroatoms. The summed E-state index contributed by atoms with van der Waals surface area (Å²) in [4.78, 5) is 31.3. The Kier molecular flexibility index (Phi) is 5.58. The summed E-state index contributed by atoms with van der Waals surface area (Å²) < 4.78 is 5.70. The van der Waals surface area contributed by atoms with Crippen molar-refractivity contribution in [1.29, 1.82) is 0 Å². The van der Waals surface area contributed by atoms with Crippen molar-refractivity contribution in [3.8, 4) is 0 Å². The fourth-order valence-corrected chi connectivity index (χ4v) is 3.72. The van der Waals surface area contributed by atoms with Crippen molar-refractivity contribution in [3.63, 3.8) is 0 Å². The molecule has 0 bridgehead atoms. The van der Waals surface area contributed by atoms with Gasteiger partial charge in [0.25, 0.3) is 0 Å². The van der Waals surface area contributed by atoms with Gasteiger partial charge in [0.05, 0.1) is 6.04 Å². The number of nitrogens with one attached hydrogen (secondary N) is 1. The largest absolute Gasteiger partial charge is 0.444 e. The zero-order valence-electron chi connectivity index (χ0n) is 16.2. The van der Waals surface area contributed by atoms with Gasteiger partial charge in [-0.05, 0) is 58.4 Å². The summed E-state index contributed by atoms with van der Waals surface area (Å²) in [6.07, 6.45) is 7.11. The molecular formula is C20H31N3O3. The second kappa shape index (κ2) is 7.72. The number of ether oxygens (including phenoxy) is 1. The number of aromatic amines is 1. The quantitative estimate of drug-likeness (QED) is 0.893. The molecule has 1 saturated heterocycles. The van der Waals surface area contributed by atoms with E-state index in [1.807, 2.05) is 31.7 Å². The first-order valence-electron chi connectivity index (χ1n) is 9.75. The SMILES string of the molecule is CC(C)(C)OC(=O)N(CC1CCC1)[C@@H]1CCCN(c2cc[nH]c(=O)c2)C1. The monoisotopic (exact) mass is 361 g/mol. The van der Waals surface area contributed by atoms with Crippen LogP contribution >= 0.6 is 0 Å². The molecule has 1 N–H and O–H groups in total. The van der Waals surface area contributed by atoms with Gasteiger partial charge in [-0.25, -0.2) is 4.79 Å². The highest BCUT2D eigenvalue weighted by Gasteiger charge is 2.34. The van der Waals surface area contributed by atoms with Gasteiger partial charge in [0.15, 0.2) is 0 Å². The minimum Gasteiger partial charge on any atom is -0.444 e. The molecule has 2 aliphatic rings. The highest BCUT2D eigenvalue weighted by molar-refractivity contribution is 5.69. The van der Waals surface area contributed by atoms with Gasteiger partial charge in [0.1, 0.15) is 5.60 Å². The number of hydrogen-bond acceptors (Lipinski definition) is 4. The van der Waals surface area contributed by atoms with E-state index in [9.17, 15) is 9.59 Å². The molecule has 1 aromatic heterocycles. The molecule has 1 amide bonds. The highest BCUT2D eigenvalue weighted by Crippen LogP contribution is 2.30. The summed E-state index contributed by atoms with van der Waals surface area (Å²) in [6, 6.07) is 3.68. The van der Waals surface area contributed by atoms with Crippen LogP contribution < -0.4 is 10.5 Å². The van der Waals surface area contributed by atoms with Crippen LogP contribution in [0.15, 0.2) is 23.1 Å². The van der Waals surface area contributed by atoms with Crippen molar-refractivity contribution in [2.24, 2.45) is 5.92 Å². The summed E-state index contributed by atoms with van der Waals surface area (Å²) in [5.41, 5.74) is 0.338. The van der Waals surface area contributed by atoms with E-state index in [4.69, 9.17) is 4.74 Å². The Morgan fingerprint density at radius 1 is 1.31 bits per heavy atom. The van der Waals surface area contributed by atoms with Crippen molar-refractivity contribution in [2.45, 2.75) is 64.5 Å². The van der Waals surface area contributed by atoms with Gasteiger partial charge in [0, 0.05) is 37.6 Å². The van der Waals surface area contributed by atoms with Crippen molar-refractivity contribution in [1.82, 2.24) is 9.88 Å². The van der Waals surface area contributed by atoms with E-state index >= 15 is 0 Å². The zero-order valence-corrected chi connectivity index (χ0v) is 16.2.